The first kappa shape index (κ1) is 19.1. The van der Waals surface area contributed by atoms with Gasteiger partial charge in [-0.1, -0.05) is 6.07 Å². The summed E-state index contributed by atoms with van der Waals surface area (Å²) in [6, 6.07) is 6.36. The summed E-state index contributed by atoms with van der Waals surface area (Å²) in [7, 11) is 2.05. The first-order chi connectivity index (χ1) is 14.0. The second-order valence-electron chi connectivity index (χ2n) is 6.87. The molecule has 3 heterocycles. The van der Waals surface area contributed by atoms with Crippen molar-refractivity contribution in [3.63, 3.8) is 0 Å². The van der Waals surface area contributed by atoms with Crippen LogP contribution in [0.3, 0.4) is 0 Å². The summed E-state index contributed by atoms with van der Waals surface area (Å²) in [5.41, 5.74) is 0.738. The third-order valence-corrected chi connectivity index (χ3v) is 4.83. The summed E-state index contributed by atoms with van der Waals surface area (Å²) >= 11 is 0. The lowest BCUT2D eigenvalue weighted by molar-refractivity contribution is 0.312. The number of rotatable bonds is 4. The molecule has 0 radical (unpaired) electrons. The zero-order chi connectivity index (χ0) is 20.4. The highest BCUT2D eigenvalue weighted by Gasteiger charge is 2.17. The van der Waals surface area contributed by atoms with E-state index in [-0.39, 0.29) is 17.1 Å². The van der Waals surface area contributed by atoms with E-state index in [4.69, 9.17) is 0 Å². The second-order valence-corrected chi connectivity index (χ2v) is 6.87. The number of piperazine rings is 1. The van der Waals surface area contributed by atoms with E-state index in [1.165, 1.54) is 24.4 Å². The Morgan fingerprint density at radius 3 is 2.34 bits per heavy atom. The van der Waals surface area contributed by atoms with Crippen molar-refractivity contribution in [2.24, 2.45) is 0 Å². The molecular weight excluding hydrogens is 381 g/mol. The highest BCUT2D eigenvalue weighted by molar-refractivity contribution is 5.67. The molecule has 0 saturated carbocycles. The van der Waals surface area contributed by atoms with Crippen LogP contribution in [0.25, 0.3) is 11.3 Å². The maximum Gasteiger partial charge on any atom is 0.167 e. The number of hydrogen-bond donors (Lipinski definition) is 1. The van der Waals surface area contributed by atoms with Gasteiger partial charge in [-0.3, -0.25) is 0 Å². The Balaban J connectivity index is 1.55. The van der Waals surface area contributed by atoms with Crippen LogP contribution >= 0.6 is 0 Å². The fourth-order valence-corrected chi connectivity index (χ4v) is 3.19. The van der Waals surface area contributed by atoms with Crippen LogP contribution in [0.5, 0.6) is 0 Å². The smallest absolute Gasteiger partial charge is 0.167 e. The zero-order valence-electron chi connectivity index (χ0n) is 15.7. The molecule has 1 N–H and O–H groups in total. The van der Waals surface area contributed by atoms with Crippen LogP contribution in [0.2, 0.25) is 0 Å². The van der Waals surface area contributed by atoms with Gasteiger partial charge in [0.15, 0.2) is 11.6 Å². The summed E-state index contributed by atoms with van der Waals surface area (Å²) in [5.74, 6) is -2.04. The molecule has 0 bridgehead atoms. The first-order valence-electron chi connectivity index (χ1n) is 9.14. The van der Waals surface area contributed by atoms with Crippen LogP contribution in [-0.2, 0) is 0 Å². The molecule has 3 aromatic rings. The average Bonchev–Trinajstić information content (AvgIpc) is 2.70. The standard InChI is InChI=1S/C20H19F3N6/c1-28-5-7-29(8-6-28)14-10-17(23)20(24-12-14)26-13-9-18(27-25-11-13)19-15(21)3-2-4-16(19)22/h2-4,9-12H,5-8H2,1H3,(H,24,26,27). The third-order valence-electron chi connectivity index (χ3n) is 4.83. The molecular formula is C20H19F3N6. The van der Waals surface area contributed by atoms with Crippen LogP contribution in [-0.4, -0.2) is 53.3 Å². The SMILES string of the molecule is CN1CCN(c2cnc(Nc3cnnc(-c4c(F)cccc4F)c3)c(F)c2)CC1. The summed E-state index contributed by atoms with van der Waals surface area (Å²) in [6.07, 6.45) is 2.93. The molecule has 9 heteroatoms. The normalized spacial score (nSPS) is 14.8. The van der Waals surface area contributed by atoms with E-state index in [1.54, 1.807) is 6.20 Å². The fourth-order valence-electron chi connectivity index (χ4n) is 3.19. The van der Waals surface area contributed by atoms with Crippen LogP contribution in [0.4, 0.5) is 30.4 Å². The number of likely N-dealkylation sites (N-methyl/N-ethyl adjacent to an activating group) is 1. The Labute approximate surface area is 166 Å². The molecule has 1 aromatic carbocycles. The lowest BCUT2D eigenvalue weighted by Crippen LogP contribution is -2.44. The second kappa shape index (κ2) is 8.04. The number of halogens is 3. The minimum atomic E-state index is -0.753. The molecule has 0 unspecified atom stereocenters. The fraction of sp³-hybridized carbons (Fsp3) is 0.250. The quantitative estimate of drug-likeness (QED) is 0.724. The molecule has 1 aliphatic heterocycles. The minimum absolute atomic E-state index is 0.0000601. The van der Waals surface area contributed by atoms with Crippen LogP contribution in [0.1, 0.15) is 0 Å². The van der Waals surface area contributed by atoms with Gasteiger partial charge in [0.1, 0.15) is 17.3 Å². The lowest BCUT2D eigenvalue weighted by Gasteiger charge is -2.33. The molecule has 29 heavy (non-hydrogen) atoms. The highest BCUT2D eigenvalue weighted by Crippen LogP contribution is 2.27. The molecule has 1 fully saturated rings. The number of benzene rings is 1. The Hall–Kier alpha value is -3.20. The summed E-state index contributed by atoms with van der Waals surface area (Å²) in [6.45, 7) is 3.41. The van der Waals surface area contributed by atoms with E-state index in [1.807, 2.05) is 7.05 Å². The average molecular weight is 400 g/mol. The predicted octanol–water partition coefficient (Wildman–Crippen LogP) is 3.45. The van der Waals surface area contributed by atoms with Crippen molar-refractivity contribution >= 4 is 17.2 Å². The van der Waals surface area contributed by atoms with Gasteiger partial charge in [0, 0.05) is 32.2 Å². The minimum Gasteiger partial charge on any atom is -0.368 e. The van der Waals surface area contributed by atoms with Gasteiger partial charge >= 0.3 is 0 Å². The van der Waals surface area contributed by atoms with Crippen LogP contribution in [0.15, 0.2) is 42.7 Å². The Morgan fingerprint density at radius 2 is 1.66 bits per heavy atom. The molecule has 1 saturated heterocycles. The monoisotopic (exact) mass is 400 g/mol. The predicted molar refractivity (Wildman–Crippen MR) is 105 cm³/mol. The number of pyridine rings is 1. The van der Waals surface area contributed by atoms with E-state index in [9.17, 15) is 13.2 Å². The summed E-state index contributed by atoms with van der Waals surface area (Å²) < 4.78 is 42.6. The van der Waals surface area contributed by atoms with Crippen molar-refractivity contribution in [3.05, 3.63) is 60.2 Å². The van der Waals surface area contributed by atoms with Crippen molar-refractivity contribution in [3.8, 4) is 11.3 Å². The van der Waals surface area contributed by atoms with Crippen molar-refractivity contribution in [1.82, 2.24) is 20.1 Å². The molecule has 6 nitrogen and oxygen atoms in total. The van der Waals surface area contributed by atoms with E-state index >= 15 is 0 Å². The van der Waals surface area contributed by atoms with Gasteiger partial charge in [0.2, 0.25) is 0 Å². The first-order valence-corrected chi connectivity index (χ1v) is 9.14. The van der Waals surface area contributed by atoms with E-state index in [0.29, 0.717) is 11.4 Å². The number of hydrogen-bond acceptors (Lipinski definition) is 6. The third kappa shape index (κ3) is 4.14. The highest BCUT2D eigenvalue weighted by atomic mass is 19.1. The molecule has 0 aliphatic carbocycles. The van der Waals surface area contributed by atoms with Crippen molar-refractivity contribution in [1.29, 1.82) is 0 Å². The van der Waals surface area contributed by atoms with Gasteiger partial charge < -0.3 is 15.1 Å². The summed E-state index contributed by atoms with van der Waals surface area (Å²) in [4.78, 5) is 8.45. The van der Waals surface area contributed by atoms with E-state index < -0.39 is 17.5 Å². The number of aromatic nitrogens is 3. The van der Waals surface area contributed by atoms with Gasteiger partial charge in [0.05, 0.1) is 29.3 Å². The molecule has 4 rings (SSSR count). The van der Waals surface area contributed by atoms with E-state index in [2.05, 4.69) is 30.3 Å². The molecule has 1 aliphatic rings. The Bertz CT molecular complexity index is 1000. The van der Waals surface area contributed by atoms with Gasteiger partial charge in [-0.25, -0.2) is 18.2 Å². The number of nitrogens with zero attached hydrogens (tertiary/aromatic N) is 5. The topological polar surface area (TPSA) is 57.2 Å². The molecule has 0 atom stereocenters. The maximum absolute atomic E-state index is 14.6. The molecule has 2 aromatic heterocycles. The molecule has 0 spiro atoms. The zero-order valence-corrected chi connectivity index (χ0v) is 15.7. The molecule has 150 valence electrons. The largest absolute Gasteiger partial charge is 0.368 e. The van der Waals surface area contributed by atoms with Gasteiger partial charge in [-0.2, -0.15) is 10.2 Å². The number of nitrogens with one attached hydrogen (secondary N) is 1. The van der Waals surface area contributed by atoms with Crippen molar-refractivity contribution < 1.29 is 13.2 Å². The molecule has 0 amide bonds. The number of anilines is 3. The van der Waals surface area contributed by atoms with Gasteiger partial charge in [0.25, 0.3) is 0 Å². The van der Waals surface area contributed by atoms with Crippen molar-refractivity contribution in [2.75, 3.05) is 43.4 Å². The maximum atomic E-state index is 14.6. The van der Waals surface area contributed by atoms with Crippen LogP contribution < -0.4 is 10.2 Å². The van der Waals surface area contributed by atoms with Crippen LogP contribution in [0, 0.1) is 17.5 Å². The summed E-state index contributed by atoms with van der Waals surface area (Å²) in [5, 5.41) is 10.3. The lowest BCUT2D eigenvalue weighted by atomic mass is 10.1. The van der Waals surface area contributed by atoms with Crippen molar-refractivity contribution in [2.45, 2.75) is 0 Å². The Morgan fingerprint density at radius 1 is 0.931 bits per heavy atom. The Kier molecular flexibility index (Phi) is 5.30. The van der Waals surface area contributed by atoms with Gasteiger partial charge in [-0.05, 0) is 25.2 Å². The van der Waals surface area contributed by atoms with Gasteiger partial charge in [-0.15, -0.1) is 0 Å². The van der Waals surface area contributed by atoms with E-state index in [0.717, 1.165) is 38.3 Å².